The first-order chi connectivity index (χ1) is 17.8. The van der Waals surface area contributed by atoms with Crippen LogP contribution in [0, 0.1) is 0 Å². The maximum atomic E-state index is 12.3. The summed E-state index contributed by atoms with van der Waals surface area (Å²) in [6.07, 6.45) is 0. The molecule has 0 aliphatic carbocycles. The van der Waals surface area contributed by atoms with Crippen molar-refractivity contribution in [3.05, 3.63) is 82.6 Å². The number of carbonyl (C=O) groups excluding carboxylic acids is 2. The molecule has 4 rings (SSSR count). The van der Waals surface area contributed by atoms with Crippen LogP contribution in [0.1, 0.15) is 20.7 Å². The van der Waals surface area contributed by atoms with Crippen molar-refractivity contribution in [2.45, 2.75) is 0 Å². The average Bonchev–Trinajstić information content (AvgIpc) is 3.49. The number of anilines is 2. The first-order valence-corrected chi connectivity index (χ1v) is 12.6. The number of carboxylic acid groups (broad SMARTS) is 2. The van der Waals surface area contributed by atoms with Crippen LogP contribution < -0.4 is 10.6 Å². The van der Waals surface area contributed by atoms with Crippen LogP contribution in [0.2, 0.25) is 0 Å². The molecule has 0 unspecified atom stereocenters. The van der Waals surface area contributed by atoms with E-state index in [1.807, 2.05) is 12.1 Å². The molecule has 0 aliphatic rings. The van der Waals surface area contributed by atoms with E-state index in [1.54, 1.807) is 59.3 Å². The minimum absolute atomic E-state index is 0.0320. The number of hydrogen-bond donors (Lipinski definition) is 4. The van der Waals surface area contributed by atoms with E-state index in [0.29, 0.717) is 22.3 Å². The predicted octanol–water partition coefficient (Wildman–Crippen LogP) is 5.13. The molecule has 2 aromatic heterocycles. The molecule has 0 radical (unpaired) electrons. The van der Waals surface area contributed by atoms with Gasteiger partial charge in [-0.1, -0.05) is 60.7 Å². The van der Waals surface area contributed by atoms with Gasteiger partial charge in [-0.15, -0.1) is 22.7 Å². The number of rotatable bonds is 10. The molecule has 2 aromatic carbocycles. The van der Waals surface area contributed by atoms with Crippen molar-refractivity contribution in [1.29, 1.82) is 0 Å². The molecule has 4 N–H and O–H groups in total. The molecule has 9 nitrogen and oxygen atoms in total. The number of ether oxygens (including phenoxy) is 1. The van der Waals surface area contributed by atoms with E-state index < -0.39 is 37.0 Å². The molecule has 11 heteroatoms. The Balaban J connectivity index is 1.35. The van der Waals surface area contributed by atoms with Gasteiger partial charge in [-0.25, -0.2) is 9.59 Å². The van der Waals surface area contributed by atoms with Gasteiger partial charge in [0.25, 0.3) is 11.8 Å². The van der Waals surface area contributed by atoms with Gasteiger partial charge in [0.2, 0.25) is 0 Å². The Labute approximate surface area is 219 Å². The third kappa shape index (κ3) is 6.09. The number of benzene rings is 2. The van der Waals surface area contributed by atoms with Gasteiger partial charge in [-0.05, 0) is 11.1 Å². The zero-order chi connectivity index (χ0) is 26.4. The average molecular weight is 537 g/mol. The van der Waals surface area contributed by atoms with E-state index in [4.69, 9.17) is 4.74 Å². The Morgan fingerprint density at radius 1 is 0.649 bits per heavy atom. The van der Waals surface area contributed by atoms with Crippen LogP contribution >= 0.6 is 22.7 Å². The van der Waals surface area contributed by atoms with Crippen molar-refractivity contribution in [2.24, 2.45) is 0 Å². The molecular formula is C26H20N2O7S2. The van der Waals surface area contributed by atoms with Gasteiger partial charge in [0, 0.05) is 21.9 Å². The van der Waals surface area contributed by atoms with E-state index in [2.05, 4.69) is 10.6 Å². The van der Waals surface area contributed by atoms with E-state index >= 15 is 0 Å². The van der Waals surface area contributed by atoms with Crippen molar-refractivity contribution < 1.29 is 34.1 Å². The molecule has 2 heterocycles. The quantitative estimate of drug-likeness (QED) is 0.220. The minimum Gasteiger partial charge on any atom is -0.478 e. The summed E-state index contributed by atoms with van der Waals surface area (Å²) in [6, 6.07) is 17.9. The monoisotopic (exact) mass is 536 g/mol. The fourth-order valence-electron chi connectivity index (χ4n) is 3.55. The summed E-state index contributed by atoms with van der Waals surface area (Å²) in [4.78, 5) is 48.4. The van der Waals surface area contributed by atoms with Gasteiger partial charge in [0.15, 0.2) is 0 Å². The summed E-state index contributed by atoms with van der Waals surface area (Å²) < 4.78 is 5.18. The van der Waals surface area contributed by atoms with Gasteiger partial charge in [0.05, 0.1) is 0 Å². The van der Waals surface area contributed by atoms with Crippen molar-refractivity contribution in [1.82, 2.24) is 0 Å². The van der Waals surface area contributed by atoms with Crippen LogP contribution in [-0.2, 0) is 14.3 Å². The van der Waals surface area contributed by atoms with Crippen molar-refractivity contribution in [3.8, 4) is 22.3 Å². The van der Waals surface area contributed by atoms with Crippen LogP contribution in [0.15, 0.2) is 71.4 Å². The second-order valence-corrected chi connectivity index (χ2v) is 9.40. The molecule has 0 atom stereocenters. The van der Waals surface area contributed by atoms with Crippen LogP contribution in [0.5, 0.6) is 0 Å². The third-order valence-corrected chi connectivity index (χ3v) is 6.94. The fourth-order valence-corrected chi connectivity index (χ4v) is 5.50. The number of nitrogens with one attached hydrogen (secondary N) is 2. The summed E-state index contributed by atoms with van der Waals surface area (Å²) in [5.74, 6) is -3.64. The predicted molar refractivity (Wildman–Crippen MR) is 142 cm³/mol. The summed E-state index contributed by atoms with van der Waals surface area (Å²) in [6.45, 7) is -1.01. The lowest BCUT2D eigenvalue weighted by Crippen LogP contribution is -2.24. The number of amides is 2. The summed E-state index contributed by atoms with van der Waals surface area (Å²) in [7, 11) is 0. The molecule has 0 fully saturated rings. The summed E-state index contributed by atoms with van der Waals surface area (Å²) >= 11 is 2.14. The Hall–Kier alpha value is -4.32. The van der Waals surface area contributed by atoms with E-state index in [9.17, 15) is 29.4 Å². The Morgan fingerprint density at radius 3 is 1.38 bits per heavy atom. The minimum atomic E-state index is -1.18. The van der Waals surface area contributed by atoms with Gasteiger partial charge in [0.1, 0.15) is 34.3 Å². The highest BCUT2D eigenvalue weighted by molar-refractivity contribution is 7.15. The Morgan fingerprint density at radius 2 is 1.03 bits per heavy atom. The molecular weight excluding hydrogens is 516 g/mol. The van der Waals surface area contributed by atoms with E-state index in [-0.39, 0.29) is 21.1 Å². The van der Waals surface area contributed by atoms with Crippen molar-refractivity contribution in [3.63, 3.8) is 0 Å². The maximum absolute atomic E-state index is 12.3. The molecule has 188 valence electrons. The largest absolute Gasteiger partial charge is 0.478 e. The zero-order valence-corrected chi connectivity index (χ0v) is 20.7. The number of aromatic carboxylic acids is 2. The lowest BCUT2D eigenvalue weighted by Gasteiger charge is -2.08. The second kappa shape index (κ2) is 11.6. The van der Waals surface area contributed by atoms with Crippen LogP contribution in [0.25, 0.3) is 22.3 Å². The molecule has 0 aliphatic heterocycles. The molecule has 0 saturated carbocycles. The van der Waals surface area contributed by atoms with Gasteiger partial charge in [-0.3, -0.25) is 9.59 Å². The molecule has 4 aromatic rings. The number of hydrogen-bond acceptors (Lipinski definition) is 7. The van der Waals surface area contributed by atoms with E-state index in [1.165, 1.54) is 0 Å². The molecule has 37 heavy (non-hydrogen) atoms. The first-order valence-electron chi connectivity index (χ1n) is 10.8. The number of carbonyl (C=O) groups is 4. The molecule has 2 amide bonds. The third-order valence-electron chi connectivity index (χ3n) is 5.15. The lowest BCUT2D eigenvalue weighted by atomic mass is 10.0. The van der Waals surface area contributed by atoms with Crippen LogP contribution in [0.4, 0.5) is 10.0 Å². The molecule has 0 saturated heterocycles. The van der Waals surface area contributed by atoms with E-state index in [0.717, 1.165) is 22.7 Å². The summed E-state index contributed by atoms with van der Waals surface area (Å²) in [5, 5.41) is 28.0. The second-order valence-electron chi connectivity index (χ2n) is 7.64. The fraction of sp³-hybridized carbons (Fsp3) is 0.0769. The normalized spacial score (nSPS) is 10.6. The first kappa shape index (κ1) is 25.8. The standard InChI is InChI=1S/C26H20N2O7S2/c29-19(27-23-21(25(31)32)17(13-36-23)15-7-3-1-4-8-15)11-35-12-20(30)28-24-22(26(33)34)18(14-37-24)16-9-5-2-6-10-16/h1-10,13-14H,11-12H2,(H,27,29)(H,28,30)(H,31,32)(H,33,34). The summed E-state index contributed by atoms with van der Waals surface area (Å²) in [5.41, 5.74) is 2.30. The highest BCUT2D eigenvalue weighted by atomic mass is 32.1. The smallest absolute Gasteiger partial charge is 0.339 e. The van der Waals surface area contributed by atoms with Gasteiger partial charge >= 0.3 is 11.9 Å². The highest BCUT2D eigenvalue weighted by Gasteiger charge is 2.22. The topological polar surface area (TPSA) is 142 Å². The molecule has 0 bridgehead atoms. The SMILES string of the molecule is O=C(COCC(=O)Nc1scc(-c2ccccc2)c1C(=O)O)Nc1scc(-c2ccccc2)c1C(=O)O. The Kier molecular flexibility index (Phi) is 8.08. The lowest BCUT2D eigenvalue weighted by molar-refractivity contribution is -0.125. The highest BCUT2D eigenvalue weighted by Crippen LogP contribution is 2.36. The van der Waals surface area contributed by atoms with Crippen molar-refractivity contribution in [2.75, 3.05) is 23.8 Å². The Bertz CT molecular complexity index is 1340. The van der Waals surface area contributed by atoms with Gasteiger partial charge in [-0.2, -0.15) is 0 Å². The van der Waals surface area contributed by atoms with Crippen molar-refractivity contribution >= 4 is 56.4 Å². The molecule has 0 spiro atoms. The number of carboxylic acids is 2. The van der Waals surface area contributed by atoms with Gasteiger partial charge < -0.3 is 25.6 Å². The maximum Gasteiger partial charge on any atom is 0.339 e. The van der Waals surface area contributed by atoms with Crippen LogP contribution in [-0.4, -0.2) is 47.2 Å². The zero-order valence-electron chi connectivity index (χ0n) is 19.1. The number of thiophene rings is 2. The van der Waals surface area contributed by atoms with Crippen LogP contribution in [0.3, 0.4) is 0 Å².